The van der Waals surface area contributed by atoms with E-state index in [1.165, 1.54) is 12.3 Å². The molecule has 0 aliphatic rings. The number of benzene rings is 1. The predicted octanol–water partition coefficient (Wildman–Crippen LogP) is 4.18. The van der Waals surface area contributed by atoms with Crippen LogP contribution < -0.4 is 5.73 Å². The number of carbonyl (C=O) groups is 2. The predicted molar refractivity (Wildman–Crippen MR) is 112 cm³/mol. The molecule has 1 aromatic carbocycles. The molecule has 0 spiro atoms. The molecule has 3 rings (SSSR count). The first-order valence-corrected chi connectivity index (χ1v) is 8.97. The van der Waals surface area contributed by atoms with Crippen LogP contribution in [0.25, 0.3) is 5.65 Å². The molecule has 0 atom stereocenters. The van der Waals surface area contributed by atoms with Crippen LogP contribution >= 0.6 is 0 Å². The summed E-state index contributed by atoms with van der Waals surface area (Å²) < 4.78 is 28.1. The Hall–Kier alpha value is -3.68. The number of primary amides is 1. The van der Waals surface area contributed by atoms with Gasteiger partial charge in [0, 0.05) is 23.4 Å². The second-order valence-electron chi connectivity index (χ2n) is 6.09. The second kappa shape index (κ2) is 11.4. The van der Waals surface area contributed by atoms with Gasteiger partial charge in [-0.1, -0.05) is 12.2 Å². The molecule has 0 aliphatic heterocycles. The van der Waals surface area contributed by atoms with Crippen LogP contribution in [0.3, 0.4) is 0 Å². The number of ketones is 1. The van der Waals surface area contributed by atoms with E-state index >= 15 is 0 Å². The lowest BCUT2D eigenvalue weighted by atomic mass is 10.0. The van der Waals surface area contributed by atoms with E-state index in [1.54, 1.807) is 43.4 Å². The molecule has 2 N–H and O–H groups in total. The van der Waals surface area contributed by atoms with Crippen LogP contribution in [0.1, 0.15) is 42.5 Å². The minimum atomic E-state index is -0.879. The number of hydrogen-bond donors (Lipinski definition) is 1. The molecular weight excluding hydrogens is 390 g/mol. The number of carbonyl (C=O) groups excluding carboxylic acids is 2. The molecular formula is C22H24F2N4O2. The fourth-order valence-electron chi connectivity index (χ4n) is 2.11. The molecule has 6 nitrogen and oxygen atoms in total. The molecule has 0 bridgehead atoms. The number of hydrogen-bond acceptors (Lipinski definition) is 4. The first-order chi connectivity index (χ1) is 14.2. The molecule has 0 fully saturated rings. The fourth-order valence-corrected chi connectivity index (χ4v) is 2.11. The maximum Gasteiger partial charge on any atom is 0.243 e. The van der Waals surface area contributed by atoms with Crippen LogP contribution in [-0.4, -0.2) is 26.3 Å². The van der Waals surface area contributed by atoms with Gasteiger partial charge >= 0.3 is 0 Å². The van der Waals surface area contributed by atoms with E-state index in [0.717, 1.165) is 12.1 Å². The van der Waals surface area contributed by atoms with Gasteiger partial charge in [-0.05, 0) is 52.0 Å². The molecule has 0 radical (unpaired) electrons. The topological polar surface area (TPSA) is 90.3 Å². The summed E-state index contributed by atoms with van der Waals surface area (Å²) in [5, 5.41) is 7.77. The van der Waals surface area contributed by atoms with E-state index in [1.807, 2.05) is 6.92 Å². The SMILES string of the molecule is C/C=C(\C)C(N)=O.C=CC.Cc1nnc2ccc(C(=O)c3ccc(F)cc3F)cn12. The van der Waals surface area contributed by atoms with E-state index in [2.05, 4.69) is 16.8 Å². The molecule has 3 aromatic rings. The maximum absolute atomic E-state index is 13.6. The molecule has 0 saturated heterocycles. The molecule has 0 saturated carbocycles. The number of allylic oxidation sites excluding steroid dienone is 2. The summed E-state index contributed by atoms with van der Waals surface area (Å²) in [5.74, 6) is -1.84. The van der Waals surface area contributed by atoms with Gasteiger partial charge in [0.05, 0.1) is 5.56 Å². The van der Waals surface area contributed by atoms with E-state index < -0.39 is 17.4 Å². The van der Waals surface area contributed by atoms with Gasteiger partial charge in [-0.3, -0.25) is 14.0 Å². The summed E-state index contributed by atoms with van der Waals surface area (Å²) in [7, 11) is 0. The molecule has 2 heterocycles. The smallest absolute Gasteiger partial charge is 0.243 e. The van der Waals surface area contributed by atoms with E-state index in [4.69, 9.17) is 5.73 Å². The average molecular weight is 414 g/mol. The molecule has 2 aromatic heterocycles. The Labute approximate surface area is 173 Å². The largest absolute Gasteiger partial charge is 0.366 e. The van der Waals surface area contributed by atoms with Crippen molar-refractivity contribution in [3.8, 4) is 0 Å². The lowest BCUT2D eigenvalue weighted by Crippen LogP contribution is -2.10. The summed E-state index contributed by atoms with van der Waals surface area (Å²) in [6, 6.07) is 6.04. The summed E-state index contributed by atoms with van der Waals surface area (Å²) in [6.45, 7) is 10.5. The van der Waals surface area contributed by atoms with Gasteiger partial charge in [-0.25, -0.2) is 8.78 Å². The standard InChI is InChI=1S/C14H9F2N3O.C5H9NO.C3H6/c1-8-17-18-13-5-2-9(7-19(8)13)14(20)11-4-3-10(15)6-12(11)16;1-3-4(2)5(6)7;1-3-2/h2-7H,1H3;3H,1-2H3,(H2,6,7);3H,1H2,2H3/b;4-3+;. The van der Waals surface area contributed by atoms with Gasteiger partial charge in [0.2, 0.25) is 5.91 Å². The van der Waals surface area contributed by atoms with Gasteiger partial charge < -0.3 is 5.73 Å². The number of amides is 1. The maximum atomic E-state index is 13.6. The van der Waals surface area contributed by atoms with E-state index in [0.29, 0.717) is 23.1 Å². The van der Waals surface area contributed by atoms with Crippen molar-refractivity contribution < 1.29 is 18.4 Å². The highest BCUT2D eigenvalue weighted by Crippen LogP contribution is 2.16. The van der Waals surface area contributed by atoms with E-state index in [9.17, 15) is 18.4 Å². The van der Waals surface area contributed by atoms with Gasteiger partial charge in [-0.15, -0.1) is 16.8 Å². The molecule has 158 valence electrons. The highest BCUT2D eigenvalue weighted by atomic mass is 19.1. The van der Waals surface area contributed by atoms with Crippen LogP contribution in [0.15, 0.2) is 60.8 Å². The lowest BCUT2D eigenvalue weighted by Gasteiger charge is -2.04. The van der Waals surface area contributed by atoms with Crippen molar-refractivity contribution in [1.82, 2.24) is 14.6 Å². The number of aromatic nitrogens is 3. The van der Waals surface area contributed by atoms with Crippen LogP contribution in [0.2, 0.25) is 0 Å². The van der Waals surface area contributed by atoms with Crippen molar-refractivity contribution in [3.63, 3.8) is 0 Å². The zero-order valence-electron chi connectivity index (χ0n) is 17.3. The quantitative estimate of drug-likeness (QED) is 0.396. The molecule has 0 aliphatic carbocycles. The number of nitrogens with two attached hydrogens (primary N) is 1. The highest BCUT2D eigenvalue weighted by molar-refractivity contribution is 6.09. The third-order valence-electron chi connectivity index (χ3n) is 3.83. The van der Waals surface area contributed by atoms with Crippen molar-refractivity contribution in [2.24, 2.45) is 5.73 Å². The Bertz CT molecular complexity index is 1090. The molecule has 0 unspecified atom stereocenters. The Balaban J connectivity index is 0.000000380. The highest BCUT2D eigenvalue weighted by Gasteiger charge is 2.15. The van der Waals surface area contributed by atoms with Crippen molar-refractivity contribution in [3.05, 3.63) is 89.4 Å². The second-order valence-corrected chi connectivity index (χ2v) is 6.09. The number of fused-ring (bicyclic) bond motifs is 1. The van der Waals surface area contributed by atoms with Crippen LogP contribution in [0.5, 0.6) is 0 Å². The number of nitrogens with zero attached hydrogens (tertiary/aromatic N) is 3. The van der Waals surface area contributed by atoms with Crippen LogP contribution in [0.4, 0.5) is 8.78 Å². The van der Waals surface area contributed by atoms with Crippen molar-refractivity contribution >= 4 is 17.3 Å². The third-order valence-corrected chi connectivity index (χ3v) is 3.83. The molecule has 1 amide bonds. The summed E-state index contributed by atoms with van der Waals surface area (Å²) in [6.07, 6.45) is 4.97. The first-order valence-electron chi connectivity index (χ1n) is 8.97. The van der Waals surface area contributed by atoms with Crippen LogP contribution in [-0.2, 0) is 4.79 Å². The summed E-state index contributed by atoms with van der Waals surface area (Å²) in [4.78, 5) is 22.3. The van der Waals surface area contributed by atoms with Gasteiger partial charge in [0.15, 0.2) is 11.4 Å². The van der Waals surface area contributed by atoms with Gasteiger partial charge in [0.25, 0.3) is 0 Å². The van der Waals surface area contributed by atoms with E-state index in [-0.39, 0.29) is 17.0 Å². The van der Waals surface area contributed by atoms with Crippen LogP contribution in [0, 0.1) is 18.6 Å². The Kier molecular flexibility index (Phi) is 9.22. The van der Waals surface area contributed by atoms with Gasteiger partial charge in [0.1, 0.15) is 17.5 Å². The Morgan fingerprint density at radius 1 is 1.13 bits per heavy atom. The lowest BCUT2D eigenvalue weighted by molar-refractivity contribution is -0.114. The number of aryl methyl sites for hydroxylation is 1. The number of rotatable bonds is 3. The fraction of sp³-hybridized carbons (Fsp3) is 0.182. The average Bonchev–Trinajstić information content (AvgIpc) is 3.08. The van der Waals surface area contributed by atoms with Gasteiger partial charge in [-0.2, -0.15) is 0 Å². The van der Waals surface area contributed by atoms with Crippen molar-refractivity contribution in [2.45, 2.75) is 27.7 Å². The number of pyridine rings is 1. The Morgan fingerprint density at radius 2 is 1.77 bits per heavy atom. The Morgan fingerprint density at radius 3 is 2.27 bits per heavy atom. The minimum Gasteiger partial charge on any atom is -0.366 e. The third kappa shape index (κ3) is 6.44. The van der Waals surface area contributed by atoms with Crippen molar-refractivity contribution in [1.29, 1.82) is 0 Å². The summed E-state index contributed by atoms with van der Waals surface area (Å²) >= 11 is 0. The zero-order chi connectivity index (χ0) is 22.8. The monoisotopic (exact) mass is 414 g/mol. The summed E-state index contributed by atoms with van der Waals surface area (Å²) in [5.41, 5.74) is 6.16. The normalized spacial score (nSPS) is 10.4. The minimum absolute atomic E-state index is 0.170. The molecule has 8 heteroatoms. The zero-order valence-corrected chi connectivity index (χ0v) is 17.3. The number of halogens is 2. The van der Waals surface area contributed by atoms with Crippen molar-refractivity contribution in [2.75, 3.05) is 0 Å². The first kappa shape index (κ1) is 24.4. The molecule has 30 heavy (non-hydrogen) atoms.